The number of thioether (sulfide) groups is 1. The lowest BCUT2D eigenvalue weighted by Crippen LogP contribution is -2.17. The first-order valence-corrected chi connectivity index (χ1v) is 9.74. The number of carbonyl (C=O) groups is 1. The predicted octanol–water partition coefficient (Wildman–Crippen LogP) is 5.28. The van der Waals surface area contributed by atoms with Crippen molar-refractivity contribution >= 4 is 72.1 Å². The molecule has 0 saturated carbocycles. The van der Waals surface area contributed by atoms with Crippen molar-refractivity contribution in [3.05, 3.63) is 67.4 Å². The highest BCUT2D eigenvalue weighted by atomic mass is 79.9. The smallest absolute Gasteiger partial charge is 0.263 e. The Morgan fingerprint density at radius 3 is 2.67 bits per heavy atom. The molecule has 0 aromatic heterocycles. The normalized spacial score (nSPS) is 15.7. The molecule has 3 rings (SSSR count). The van der Waals surface area contributed by atoms with Crippen LogP contribution in [-0.2, 0) is 11.4 Å². The zero-order valence-electron chi connectivity index (χ0n) is 12.2. The van der Waals surface area contributed by atoms with Crippen LogP contribution in [-0.4, -0.2) is 10.2 Å². The number of rotatable bonds is 4. The average Bonchev–Trinajstić information content (AvgIpc) is 2.84. The third kappa shape index (κ3) is 4.47. The molecule has 122 valence electrons. The molecule has 1 heterocycles. The minimum absolute atomic E-state index is 0.178. The van der Waals surface area contributed by atoms with E-state index in [9.17, 15) is 4.79 Å². The van der Waals surface area contributed by atoms with Gasteiger partial charge in [0.1, 0.15) is 16.7 Å². The van der Waals surface area contributed by atoms with Crippen LogP contribution in [0.1, 0.15) is 11.1 Å². The van der Waals surface area contributed by atoms with Crippen LogP contribution in [0.15, 0.2) is 56.3 Å². The summed E-state index contributed by atoms with van der Waals surface area (Å²) in [4.78, 5) is 12.4. The number of ether oxygens (including phenoxy) is 1. The zero-order valence-corrected chi connectivity index (χ0v) is 17.0. The fourth-order valence-electron chi connectivity index (χ4n) is 2.11. The van der Waals surface area contributed by atoms with Gasteiger partial charge in [-0.25, -0.2) is 0 Å². The summed E-state index contributed by atoms with van der Waals surface area (Å²) in [7, 11) is 0. The molecule has 2 aromatic rings. The summed E-state index contributed by atoms with van der Waals surface area (Å²) in [6.45, 7) is 0.439. The van der Waals surface area contributed by atoms with Gasteiger partial charge >= 0.3 is 0 Å². The van der Waals surface area contributed by atoms with Crippen LogP contribution < -0.4 is 10.1 Å². The Kier molecular flexibility index (Phi) is 5.76. The molecule has 24 heavy (non-hydrogen) atoms. The summed E-state index contributed by atoms with van der Waals surface area (Å²) < 4.78 is 8.34. The SMILES string of the molecule is O=C1NC(=S)SC1=Cc1cc(Br)ccc1OCc1cccc(Br)c1. The van der Waals surface area contributed by atoms with Crippen molar-refractivity contribution < 1.29 is 9.53 Å². The number of benzene rings is 2. The van der Waals surface area contributed by atoms with Crippen molar-refractivity contribution in [2.75, 3.05) is 0 Å². The number of nitrogens with one attached hydrogen (secondary N) is 1. The van der Waals surface area contributed by atoms with Gasteiger partial charge in [-0.3, -0.25) is 4.79 Å². The van der Waals surface area contributed by atoms with Crippen LogP contribution >= 0.6 is 55.8 Å². The number of thiocarbonyl (C=S) groups is 1. The summed E-state index contributed by atoms with van der Waals surface area (Å²) in [6.07, 6.45) is 1.79. The number of amides is 1. The molecule has 1 aliphatic rings. The van der Waals surface area contributed by atoms with E-state index in [1.54, 1.807) is 6.08 Å². The molecule has 3 nitrogen and oxygen atoms in total. The number of halogens is 2. The molecule has 0 aliphatic carbocycles. The highest BCUT2D eigenvalue weighted by molar-refractivity contribution is 9.10. The number of hydrogen-bond acceptors (Lipinski definition) is 4. The van der Waals surface area contributed by atoms with Crippen LogP contribution in [0.2, 0.25) is 0 Å². The summed E-state index contributed by atoms with van der Waals surface area (Å²) in [5, 5.41) is 2.61. The molecular weight excluding hydrogens is 474 g/mol. The van der Waals surface area contributed by atoms with Gasteiger partial charge < -0.3 is 10.1 Å². The summed E-state index contributed by atoms with van der Waals surface area (Å²) in [5.41, 5.74) is 1.88. The quantitative estimate of drug-likeness (QED) is 0.473. The van der Waals surface area contributed by atoms with Crippen LogP contribution in [0.5, 0.6) is 5.75 Å². The maximum absolute atomic E-state index is 11.9. The molecule has 7 heteroatoms. The minimum Gasteiger partial charge on any atom is -0.488 e. The Labute approximate surface area is 166 Å². The van der Waals surface area contributed by atoms with Gasteiger partial charge in [0.15, 0.2) is 0 Å². The molecule has 0 unspecified atom stereocenters. The average molecular weight is 485 g/mol. The van der Waals surface area contributed by atoms with E-state index in [1.807, 2.05) is 42.5 Å². The summed E-state index contributed by atoms with van der Waals surface area (Å²) in [6, 6.07) is 13.6. The fraction of sp³-hybridized carbons (Fsp3) is 0.0588. The van der Waals surface area contributed by atoms with Crippen LogP contribution in [0.25, 0.3) is 6.08 Å². The van der Waals surface area contributed by atoms with E-state index >= 15 is 0 Å². The van der Waals surface area contributed by atoms with Crippen LogP contribution in [0.3, 0.4) is 0 Å². The van der Waals surface area contributed by atoms with Crippen molar-refractivity contribution in [1.82, 2.24) is 5.32 Å². The molecule has 1 aliphatic heterocycles. The lowest BCUT2D eigenvalue weighted by atomic mass is 10.2. The third-order valence-electron chi connectivity index (χ3n) is 3.18. The molecule has 0 spiro atoms. The van der Waals surface area contributed by atoms with E-state index in [0.29, 0.717) is 21.6 Å². The fourth-order valence-corrected chi connectivity index (χ4v) is 3.97. The maximum atomic E-state index is 11.9. The lowest BCUT2D eigenvalue weighted by molar-refractivity contribution is -0.115. The maximum Gasteiger partial charge on any atom is 0.263 e. The Bertz CT molecular complexity index is 852. The van der Waals surface area contributed by atoms with Crippen molar-refractivity contribution in [2.45, 2.75) is 6.61 Å². The standard InChI is InChI=1S/C17H11Br2NO2S2/c18-12-3-1-2-10(6-12)9-22-14-5-4-13(19)7-11(14)8-15-16(21)20-17(23)24-15/h1-8H,9H2,(H,20,21,23). The highest BCUT2D eigenvalue weighted by Crippen LogP contribution is 2.31. The molecule has 0 radical (unpaired) electrons. The molecular formula is C17H11Br2NO2S2. The number of carbonyl (C=O) groups excluding carboxylic acids is 1. The van der Waals surface area contributed by atoms with E-state index in [4.69, 9.17) is 17.0 Å². The van der Waals surface area contributed by atoms with Gasteiger partial charge in [-0.05, 0) is 42.0 Å². The van der Waals surface area contributed by atoms with E-state index < -0.39 is 0 Å². The van der Waals surface area contributed by atoms with Crippen LogP contribution in [0.4, 0.5) is 0 Å². The van der Waals surface area contributed by atoms with Gasteiger partial charge in [0, 0.05) is 14.5 Å². The first-order chi connectivity index (χ1) is 11.5. The second-order valence-electron chi connectivity index (χ2n) is 4.95. The second-order valence-corrected chi connectivity index (χ2v) is 8.50. The Balaban J connectivity index is 1.84. The molecule has 1 saturated heterocycles. The van der Waals surface area contributed by atoms with Crippen molar-refractivity contribution in [3.8, 4) is 5.75 Å². The van der Waals surface area contributed by atoms with Crippen molar-refractivity contribution in [2.24, 2.45) is 0 Å². The molecule has 2 aromatic carbocycles. The minimum atomic E-state index is -0.178. The van der Waals surface area contributed by atoms with E-state index in [-0.39, 0.29) is 5.91 Å². The van der Waals surface area contributed by atoms with Crippen molar-refractivity contribution in [3.63, 3.8) is 0 Å². The van der Waals surface area contributed by atoms with Gasteiger partial charge in [-0.1, -0.05) is 68.0 Å². The molecule has 0 bridgehead atoms. The zero-order chi connectivity index (χ0) is 17.1. The molecule has 1 amide bonds. The summed E-state index contributed by atoms with van der Waals surface area (Å²) >= 11 is 13.2. The first kappa shape index (κ1) is 17.7. The highest BCUT2D eigenvalue weighted by Gasteiger charge is 2.22. The Morgan fingerprint density at radius 2 is 1.96 bits per heavy atom. The molecule has 1 N–H and O–H groups in total. The molecule has 1 fully saturated rings. The second kappa shape index (κ2) is 7.82. The van der Waals surface area contributed by atoms with Crippen molar-refractivity contribution in [1.29, 1.82) is 0 Å². The lowest BCUT2D eigenvalue weighted by Gasteiger charge is -2.10. The third-order valence-corrected chi connectivity index (χ3v) is 5.33. The van der Waals surface area contributed by atoms with Crippen LogP contribution in [0, 0.1) is 0 Å². The van der Waals surface area contributed by atoms with E-state index in [1.165, 1.54) is 11.8 Å². The van der Waals surface area contributed by atoms with Gasteiger partial charge in [-0.15, -0.1) is 0 Å². The van der Waals surface area contributed by atoms with Gasteiger partial charge in [0.25, 0.3) is 5.91 Å². The van der Waals surface area contributed by atoms with Gasteiger partial charge in [0.2, 0.25) is 0 Å². The van der Waals surface area contributed by atoms with E-state index in [2.05, 4.69) is 37.2 Å². The van der Waals surface area contributed by atoms with E-state index in [0.717, 1.165) is 20.1 Å². The largest absolute Gasteiger partial charge is 0.488 e. The Morgan fingerprint density at radius 1 is 1.17 bits per heavy atom. The monoisotopic (exact) mass is 483 g/mol. The first-order valence-electron chi connectivity index (χ1n) is 6.93. The number of hydrogen-bond donors (Lipinski definition) is 1. The van der Waals surface area contributed by atoms with Gasteiger partial charge in [-0.2, -0.15) is 0 Å². The molecule has 0 atom stereocenters. The predicted molar refractivity (Wildman–Crippen MR) is 109 cm³/mol. The Hall–Kier alpha value is -1.15. The van der Waals surface area contributed by atoms with Gasteiger partial charge in [0.05, 0.1) is 4.91 Å². The summed E-state index contributed by atoms with van der Waals surface area (Å²) in [5.74, 6) is 0.528. The topological polar surface area (TPSA) is 38.3 Å².